The van der Waals surface area contributed by atoms with E-state index in [2.05, 4.69) is 43.7 Å². The molecule has 3 aromatic rings. The zero-order valence-electron chi connectivity index (χ0n) is 14.3. The molecule has 0 aliphatic heterocycles. The van der Waals surface area contributed by atoms with Crippen molar-refractivity contribution >= 4 is 66.1 Å². The fourth-order valence-electron chi connectivity index (χ4n) is 3.65. The third-order valence-electron chi connectivity index (χ3n) is 5.02. The number of fused-ring (bicyclic) bond motifs is 1. The highest BCUT2D eigenvalue weighted by Crippen LogP contribution is 2.46. The summed E-state index contributed by atoms with van der Waals surface area (Å²) in [5.41, 5.74) is 8.51. The highest BCUT2D eigenvalue weighted by atomic mass is 79.9. The van der Waals surface area contributed by atoms with Gasteiger partial charge in [-0.25, -0.2) is 4.98 Å². The van der Waals surface area contributed by atoms with Crippen LogP contribution in [0.5, 0.6) is 0 Å². The molecule has 0 radical (unpaired) electrons. The minimum Gasteiger partial charge on any atom is -0.379 e. The van der Waals surface area contributed by atoms with Crippen LogP contribution in [0.2, 0.25) is 5.15 Å². The van der Waals surface area contributed by atoms with Gasteiger partial charge in [0.25, 0.3) is 0 Å². The zero-order valence-corrected chi connectivity index (χ0v) is 18.3. The van der Waals surface area contributed by atoms with E-state index in [1.165, 1.54) is 29.0 Å². The molecule has 0 amide bonds. The van der Waals surface area contributed by atoms with Gasteiger partial charge in [0.2, 0.25) is 0 Å². The molecule has 0 aromatic carbocycles. The van der Waals surface area contributed by atoms with Gasteiger partial charge in [0.1, 0.15) is 5.15 Å². The Balaban J connectivity index is 1.72. The van der Waals surface area contributed by atoms with Crippen LogP contribution in [0.25, 0.3) is 10.2 Å². The molecule has 1 fully saturated rings. The Morgan fingerprint density at radius 1 is 1.31 bits per heavy atom. The smallest absolute Gasteiger partial charge is 0.131 e. The monoisotopic (exact) mass is 469 g/mol. The van der Waals surface area contributed by atoms with Gasteiger partial charge < -0.3 is 11.1 Å². The van der Waals surface area contributed by atoms with Gasteiger partial charge in [0, 0.05) is 34.3 Å². The number of hydrogen-bond acceptors (Lipinski definition) is 5. The Kier molecular flexibility index (Phi) is 5.86. The zero-order chi connectivity index (χ0) is 18.1. The average molecular weight is 471 g/mol. The summed E-state index contributed by atoms with van der Waals surface area (Å²) in [6.45, 7) is 0.793. The molecule has 3 heterocycles. The largest absolute Gasteiger partial charge is 0.379 e. The van der Waals surface area contributed by atoms with Crippen LogP contribution in [0.4, 0.5) is 5.69 Å². The van der Waals surface area contributed by atoms with E-state index in [1.54, 1.807) is 11.3 Å². The quantitative estimate of drug-likeness (QED) is 0.327. The molecule has 0 unspecified atom stereocenters. The summed E-state index contributed by atoms with van der Waals surface area (Å²) in [4.78, 5) is 7.22. The maximum Gasteiger partial charge on any atom is 0.131 e. The highest BCUT2D eigenvalue weighted by Gasteiger charge is 2.27. The molecule has 0 spiro atoms. The third kappa shape index (κ3) is 3.80. The van der Waals surface area contributed by atoms with Gasteiger partial charge in [0.15, 0.2) is 0 Å². The van der Waals surface area contributed by atoms with Crippen LogP contribution in [0.3, 0.4) is 0 Å². The minimum atomic E-state index is 0.222. The topological polar surface area (TPSA) is 50.9 Å². The predicted molar refractivity (Wildman–Crippen MR) is 118 cm³/mol. The van der Waals surface area contributed by atoms with Crippen LogP contribution in [0.15, 0.2) is 28.1 Å². The predicted octanol–water partition coefficient (Wildman–Crippen LogP) is 6.76. The van der Waals surface area contributed by atoms with Crippen LogP contribution in [-0.4, -0.2) is 11.0 Å². The lowest BCUT2D eigenvalue weighted by molar-refractivity contribution is 0.510. The van der Waals surface area contributed by atoms with Crippen molar-refractivity contribution in [2.75, 3.05) is 5.32 Å². The molecule has 1 aliphatic carbocycles. The molecular weight excluding hydrogens is 450 g/mol. The van der Waals surface area contributed by atoms with E-state index in [4.69, 9.17) is 17.3 Å². The van der Waals surface area contributed by atoms with Crippen LogP contribution in [0, 0.1) is 0 Å². The van der Waals surface area contributed by atoms with Crippen LogP contribution < -0.4 is 11.1 Å². The SMILES string of the molecule is N[C@@H]1CCCCC[C@H]1c1sc2c(NCc3cccs3)cc(Cl)nc2c1Br. The average Bonchev–Trinajstić information content (AvgIpc) is 3.19. The summed E-state index contributed by atoms with van der Waals surface area (Å²) in [5, 5.41) is 6.15. The number of rotatable bonds is 4. The number of halogens is 2. The maximum atomic E-state index is 6.52. The molecule has 26 heavy (non-hydrogen) atoms. The Bertz CT molecular complexity index is 894. The summed E-state index contributed by atoms with van der Waals surface area (Å²) in [6, 6.07) is 6.36. The van der Waals surface area contributed by atoms with E-state index in [0.717, 1.165) is 39.8 Å². The van der Waals surface area contributed by atoms with Crippen molar-refractivity contribution in [3.8, 4) is 0 Å². The molecule has 4 rings (SSSR count). The first-order valence-electron chi connectivity index (χ1n) is 8.93. The lowest BCUT2D eigenvalue weighted by Crippen LogP contribution is -2.26. The first-order valence-corrected chi connectivity index (χ1v) is 11.8. The van der Waals surface area contributed by atoms with Gasteiger partial charge in [-0.05, 0) is 40.2 Å². The molecule has 3 N–H and O–H groups in total. The van der Waals surface area contributed by atoms with Gasteiger partial charge in [-0.3, -0.25) is 0 Å². The summed E-state index contributed by atoms with van der Waals surface area (Å²) in [7, 11) is 0. The Morgan fingerprint density at radius 3 is 2.96 bits per heavy atom. The minimum absolute atomic E-state index is 0.222. The van der Waals surface area contributed by atoms with Crippen molar-refractivity contribution < 1.29 is 0 Å². The van der Waals surface area contributed by atoms with Crippen LogP contribution >= 0.6 is 50.2 Å². The molecule has 1 saturated carbocycles. The molecule has 0 saturated heterocycles. The fourth-order valence-corrected chi connectivity index (χ4v) is 6.78. The number of nitrogens with two attached hydrogens (primary N) is 1. The van der Waals surface area contributed by atoms with Gasteiger partial charge in [-0.15, -0.1) is 22.7 Å². The Hall–Kier alpha value is -0.660. The van der Waals surface area contributed by atoms with Gasteiger partial charge in [-0.2, -0.15) is 0 Å². The molecular formula is C19H21BrClN3S2. The first kappa shape index (κ1) is 18.7. The molecule has 0 bridgehead atoms. The summed E-state index contributed by atoms with van der Waals surface area (Å²) < 4.78 is 2.23. The second kappa shape index (κ2) is 8.15. The lowest BCUT2D eigenvalue weighted by Gasteiger charge is -2.20. The fraction of sp³-hybridized carbons (Fsp3) is 0.421. The number of hydrogen-bond donors (Lipinski definition) is 2. The van der Waals surface area contributed by atoms with Gasteiger partial charge in [-0.1, -0.05) is 36.9 Å². The summed E-state index contributed by atoms with van der Waals surface area (Å²) in [5.74, 6) is 0.398. The van der Waals surface area contributed by atoms with Crippen molar-refractivity contribution in [1.82, 2.24) is 4.98 Å². The number of anilines is 1. The Labute approximate surface area is 175 Å². The van der Waals surface area contributed by atoms with E-state index in [-0.39, 0.29) is 6.04 Å². The highest BCUT2D eigenvalue weighted by molar-refractivity contribution is 9.10. The van der Waals surface area contributed by atoms with Crippen molar-refractivity contribution in [2.45, 2.75) is 50.6 Å². The standard InChI is InChI=1S/C19H21BrClN3S2/c20-16-17-19(26-18(16)12-6-2-1-3-7-13(12)22)14(9-15(21)24-17)23-10-11-5-4-8-25-11/h4-5,8-9,12-13H,1-3,6-7,10,22H2,(H,23,24)/t12-,13-/m1/s1. The first-order chi connectivity index (χ1) is 12.6. The van der Waals surface area contributed by atoms with Crippen LogP contribution in [0.1, 0.15) is 47.8 Å². The number of nitrogens with zero attached hydrogens (tertiary/aromatic N) is 1. The van der Waals surface area contributed by atoms with Crippen molar-refractivity contribution in [3.63, 3.8) is 0 Å². The second-order valence-corrected chi connectivity index (χ2v) is 10.1. The van der Waals surface area contributed by atoms with E-state index in [9.17, 15) is 0 Å². The van der Waals surface area contributed by atoms with Crippen molar-refractivity contribution in [1.29, 1.82) is 0 Å². The third-order valence-corrected chi connectivity index (χ3v) is 8.50. The van der Waals surface area contributed by atoms with Crippen LogP contribution in [-0.2, 0) is 6.54 Å². The number of aromatic nitrogens is 1. The summed E-state index contributed by atoms with van der Waals surface area (Å²) >= 11 is 13.7. The Morgan fingerprint density at radius 2 is 2.15 bits per heavy atom. The number of thiophene rings is 2. The molecule has 1 aliphatic rings. The molecule has 7 heteroatoms. The molecule has 3 nitrogen and oxygen atoms in total. The molecule has 2 atom stereocenters. The van der Waals surface area contributed by atoms with E-state index in [1.807, 2.05) is 17.4 Å². The van der Waals surface area contributed by atoms with Gasteiger partial charge >= 0.3 is 0 Å². The lowest BCUT2D eigenvalue weighted by atomic mass is 9.94. The molecule has 138 valence electrons. The molecule has 3 aromatic heterocycles. The maximum absolute atomic E-state index is 6.52. The normalized spacial score (nSPS) is 21.0. The number of nitrogens with one attached hydrogen (secondary N) is 1. The van der Waals surface area contributed by atoms with Gasteiger partial charge in [0.05, 0.1) is 20.4 Å². The van der Waals surface area contributed by atoms with Crippen molar-refractivity contribution in [3.05, 3.63) is 43.0 Å². The summed E-state index contributed by atoms with van der Waals surface area (Å²) in [6.07, 6.45) is 6.01. The van der Waals surface area contributed by atoms with E-state index >= 15 is 0 Å². The van der Waals surface area contributed by atoms with E-state index in [0.29, 0.717) is 11.1 Å². The second-order valence-electron chi connectivity index (χ2n) is 6.79. The van der Waals surface area contributed by atoms with Crippen molar-refractivity contribution in [2.24, 2.45) is 5.73 Å². The number of pyridine rings is 1. The van der Waals surface area contributed by atoms with E-state index < -0.39 is 0 Å².